The van der Waals surface area contributed by atoms with E-state index in [-0.39, 0.29) is 12.3 Å². The largest absolute Gasteiger partial charge is 0.480 e. The number of carbonyl (C=O) groups is 1. The average Bonchev–Trinajstić information content (AvgIpc) is 2.73. The van der Waals surface area contributed by atoms with Crippen molar-refractivity contribution in [1.82, 2.24) is 14.5 Å². The van der Waals surface area contributed by atoms with Crippen LogP contribution in [0.2, 0.25) is 0 Å². The lowest BCUT2D eigenvalue weighted by Crippen LogP contribution is -2.41. The summed E-state index contributed by atoms with van der Waals surface area (Å²) in [5.41, 5.74) is 0. The van der Waals surface area contributed by atoms with E-state index in [0.717, 1.165) is 6.20 Å². The molecule has 0 saturated carbocycles. The van der Waals surface area contributed by atoms with Gasteiger partial charge in [0.2, 0.25) is 10.0 Å². The number of rotatable bonds is 7. The molecule has 22 heavy (non-hydrogen) atoms. The van der Waals surface area contributed by atoms with Crippen LogP contribution in [-0.4, -0.2) is 41.5 Å². The highest BCUT2D eigenvalue weighted by molar-refractivity contribution is 7.89. The molecule has 0 aliphatic carbocycles. The Morgan fingerprint density at radius 1 is 1.45 bits per heavy atom. The van der Waals surface area contributed by atoms with Crippen molar-refractivity contribution in [3.63, 3.8) is 0 Å². The fourth-order valence-corrected chi connectivity index (χ4v) is 2.83. The Morgan fingerprint density at radius 3 is 2.50 bits per heavy atom. The molecule has 0 saturated heterocycles. The highest BCUT2D eigenvalue weighted by atomic mass is 32.2. The number of alkyl halides is 3. The smallest absolute Gasteiger partial charge is 0.408 e. The van der Waals surface area contributed by atoms with Gasteiger partial charge in [0.05, 0.1) is 6.20 Å². The van der Waals surface area contributed by atoms with E-state index < -0.39 is 39.7 Å². The van der Waals surface area contributed by atoms with E-state index in [1.165, 1.54) is 0 Å². The van der Waals surface area contributed by atoms with Gasteiger partial charge in [-0.05, 0) is 12.3 Å². The Balaban J connectivity index is 2.92. The zero-order valence-electron chi connectivity index (χ0n) is 11.8. The van der Waals surface area contributed by atoms with E-state index in [1.807, 2.05) is 4.72 Å². The maximum Gasteiger partial charge on any atom is 0.408 e. The molecule has 1 aromatic heterocycles. The molecule has 0 fully saturated rings. The number of sulfonamides is 1. The topological polar surface area (TPSA) is 101 Å². The van der Waals surface area contributed by atoms with Crippen molar-refractivity contribution in [2.45, 2.75) is 43.9 Å². The molecular weight excluding hydrogens is 327 g/mol. The Kier molecular flexibility index (Phi) is 5.57. The SMILES string of the molecule is CC(C)CC(NS(=O)(=O)c1cnn(CC(F)(F)F)c1)C(=O)O. The monoisotopic (exact) mass is 343 g/mol. The first-order valence-corrected chi connectivity index (χ1v) is 7.73. The van der Waals surface area contributed by atoms with Crippen LogP contribution in [-0.2, 0) is 21.4 Å². The summed E-state index contributed by atoms with van der Waals surface area (Å²) in [6.45, 7) is 1.99. The van der Waals surface area contributed by atoms with E-state index in [0.29, 0.717) is 10.9 Å². The standard InChI is InChI=1S/C11H16F3N3O4S/c1-7(2)3-9(10(18)19)16-22(20,21)8-4-15-17(5-8)6-11(12,13)14/h4-5,7,9,16H,3,6H2,1-2H3,(H,18,19). The second-order valence-electron chi connectivity index (χ2n) is 5.13. The lowest BCUT2D eigenvalue weighted by molar-refractivity contribution is -0.142. The summed E-state index contributed by atoms with van der Waals surface area (Å²) in [4.78, 5) is 10.5. The molecular formula is C11H16F3N3O4S. The molecule has 0 radical (unpaired) electrons. The summed E-state index contributed by atoms with van der Waals surface area (Å²) in [6, 6.07) is -1.36. The molecule has 0 aliphatic rings. The van der Waals surface area contributed by atoms with Crippen LogP contribution in [0.15, 0.2) is 17.3 Å². The van der Waals surface area contributed by atoms with Crippen LogP contribution in [0.1, 0.15) is 20.3 Å². The first-order chi connectivity index (χ1) is 9.90. The van der Waals surface area contributed by atoms with Crippen LogP contribution < -0.4 is 4.72 Å². The number of halogens is 3. The van der Waals surface area contributed by atoms with Gasteiger partial charge in [-0.3, -0.25) is 9.48 Å². The van der Waals surface area contributed by atoms with Crippen LogP contribution in [0.3, 0.4) is 0 Å². The van der Waals surface area contributed by atoms with Crippen LogP contribution >= 0.6 is 0 Å². The van der Waals surface area contributed by atoms with Crippen molar-refractivity contribution in [2.75, 3.05) is 0 Å². The summed E-state index contributed by atoms with van der Waals surface area (Å²) in [5, 5.41) is 12.3. The summed E-state index contributed by atoms with van der Waals surface area (Å²) in [6.07, 6.45) is -3.06. The lowest BCUT2D eigenvalue weighted by atomic mass is 10.1. The highest BCUT2D eigenvalue weighted by Gasteiger charge is 2.30. The van der Waals surface area contributed by atoms with Crippen molar-refractivity contribution in [2.24, 2.45) is 5.92 Å². The highest BCUT2D eigenvalue weighted by Crippen LogP contribution is 2.18. The third-order valence-corrected chi connectivity index (χ3v) is 3.99. The molecule has 11 heteroatoms. The van der Waals surface area contributed by atoms with Gasteiger partial charge in [0.15, 0.2) is 0 Å². The second-order valence-corrected chi connectivity index (χ2v) is 6.84. The Morgan fingerprint density at radius 2 is 2.05 bits per heavy atom. The normalized spacial score (nSPS) is 14.3. The number of carboxylic acid groups (broad SMARTS) is 1. The number of hydrogen-bond donors (Lipinski definition) is 2. The minimum atomic E-state index is -4.54. The average molecular weight is 343 g/mol. The van der Waals surface area contributed by atoms with Gasteiger partial charge >= 0.3 is 12.1 Å². The van der Waals surface area contributed by atoms with Crippen LogP contribution in [0.4, 0.5) is 13.2 Å². The fourth-order valence-electron chi connectivity index (χ4n) is 1.68. The van der Waals surface area contributed by atoms with Crippen molar-refractivity contribution in [1.29, 1.82) is 0 Å². The van der Waals surface area contributed by atoms with Gasteiger partial charge < -0.3 is 5.11 Å². The molecule has 1 aromatic rings. The van der Waals surface area contributed by atoms with Crippen molar-refractivity contribution in [3.8, 4) is 0 Å². The molecule has 0 aromatic carbocycles. The zero-order valence-corrected chi connectivity index (χ0v) is 12.6. The van der Waals surface area contributed by atoms with Gasteiger partial charge in [0, 0.05) is 6.20 Å². The number of nitrogens with zero attached hydrogens (tertiary/aromatic N) is 2. The molecule has 126 valence electrons. The van der Waals surface area contributed by atoms with Crippen molar-refractivity contribution in [3.05, 3.63) is 12.4 Å². The minimum absolute atomic E-state index is 0.0469. The molecule has 0 aliphatic heterocycles. The van der Waals surface area contributed by atoms with E-state index in [9.17, 15) is 26.4 Å². The maximum absolute atomic E-state index is 12.2. The van der Waals surface area contributed by atoms with Gasteiger partial charge in [-0.25, -0.2) is 8.42 Å². The molecule has 7 nitrogen and oxygen atoms in total. The summed E-state index contributed by atoms with van der Waals surface area (Å²) in [7, 11) is -4.27. The first-order valence-electron chi connectivity index (χ1n) is 6.25. The predicted octanol–water partition coefficient (Wildman–Crippen LogP) is 1.22. The van der Waals surface area contributed by atoms with Crippen molar-refractivity contribution >= 4 is 16.0 Å². The molecule has 1 rings (SSSR count). The van der Waals surface area contributed by atoms with Crippen LogP contribution in [0, 0.1) is 5.92 Å². The van der Waals surface area contributed by atoms with Gasteiger partial charge in [-0.15, -0.1) is 0 Å². The number of aromatic nitrogens is 2. The molecule has 0 bridgehead atoms. The summed E-state index contributed by atoms with van der Waals surface area (Å²) in [5.74, 6) is -1.45. The molecule has 1 atom stereocenters. The predicted molar refractivity (Wildman–Crippen MR) is 69.5 cm³/mol. The second kappa shape index (κ2) is 6.65. The number of carboxylic acids is 1. The maximum atomic E-state index is 12.2. The lowest BCUT2D eigenvalue weighted by Gasteiger charge is -2.15. The minimum Gasteiger partial charge on any atom is -0.480 e. The van der Waals surface area contributed by atoms with Gasteiger partial charge in [0.1, 0.15) is 17.5 Å². The van der Waals surface area contributed by atoms with E-state index in [2.05, 4.69) is 5.10 Å². The third-order valence-electron chi connectivity index (χ3n) is 2.56. The van der Waals surface area contributed by atoms with Gasteiger partial charge in [-0.2, -0.15) is 23.0 Å². The fraction of sp³-hybridized carbons (Fsp3) is 0.636. The molecule has 0 amide bonds. The number of aliphatic carboxylic acids is 1. The Hall–Kier alpha value is -1.62. The molecule has 1 unspecified atom stereocenters. The molecule has 1 heterocycles. The van der Waals surface area contributed by atoms with Gasteiger partial charge in [-0.1, -0.05) is 13.8 Å². The first kappa shape index (κ1) is 18.4. The van der Waals surface area contributed by atoms with E-state index >= 15 is 0 Å². The van der Waals surface area contributed by atoms with Crippen LogP contribution in [0.25, 0.3) is 0 Å². The van der Waals surface area contributed by atoms with E-state index in [4.69, 9.17) is 5.11 Å². The third kappa shape index (κ3) is 5.64. The Labute approximate surface area is 125 Å². The quantitative estimate of drug-likeness (QED) is 0.775. The summed E-state index contributed by atoms with van der Waals surface area (Å²) < 4.78 is 63.0. The number of nitrogens with one attached hydrogen (secondary N) is 1. The molecule has 2 N–H and O–H groups in total. The van der Waals surface area contributed by atoms with E-state index in [1.54, 1.807) is 13.8 Å². The van der Waals surface area contributed by atoms with Crippen LogP contribution in [0.5, 0.6) is 0 Å². The van der Waals surface area contributed by atoms with Crippen molar-refractivity contribution < 1.29 is 31.5 Å². The number of hydrogen-bond acceptors (Lipinski definition) is 4. The zero-order chi connectivity index (χ0) is 17.1. The summed E-state index contributed by atoms with van der Waals surface area (Å²) >= 11 is 0. The van der Waals surface area contributed by atoms with Gasteiger partial charge in [0.25, 0.3) is 0 Å². The molecule has 0 spiro atoms. The Bertz CT molecular complexity index is 625.